The number of nitrogens with two attached hydrogens (primary N) is 1. The van der Waals surface area contributed by atoms with Gasteiger partial charge in [0.25, 0.3) is 0 Å². The van der Waals surface area contributed by atoms with Crippen LogP contribution >= 0.6 is 23.2 Å². The van der Waals surface area contributed by atoms with Crippen LogP contribution in [0.4, 0.5) is 5.69 Å². The molecular weight excluding hydrogens is 233 g/mol. The smallest absolute Gasteiger partial charge is 0.156 e. The normalized spacial score (nSPS) is 9.67. The van der Waals surface area contributed by atoms with Gasteiger partial charge in [-0.2, -0.15) is 0 Å². The topological polar surface area (TPSA) is 35.2 Å². The minimum absolute atomic E-state index is 0.417. The van der Waals surface area contributed by atoms with Crippen molar-refractivity contribution in [2.75, 3.05) is 12.3 Å². The molecule has 0 radical (unpaired) electrons. The predicted octanol–water partition coefficient (Wildman–Crippen LogP) is 3.37. The third kappa shape index (κ3) is 3.54. The van der Waals surface area contributed by atoms with Crippen LogP contribution in [0.1, 0.15) is 12.8 Å². The van der Waals surface area contributed by atoms with Gasteiger partial charge in [0, 0.05) is 12.1 Å². The van der Waals surface area contributed by atoms with Crippen LogP contribution in [0.5, 0.6) is 5.75 Å². The van der Waals surface area contributed by atoms with E-state index in [0.29, 0.717) is 34.5 Å². The lowest BCUT2D eigenvalue weighted by Gasteiger charge is -2.09. The second-order valence-corrected chi connectivity index (χ2v) is 3.78. The molecule has 0 amide bonds. The molecule has 0 saturated carbocycles. The maximum Gasteiger partial charge on any atom is 0.156 e. The maximum absolute atomic E-state index is 5.92. The first-order valence-corrected chi connectivity index (χ1v) is 5.21. The van der Waals surface area contributed by atoms with Gasteiger partial charge in [-0.1, -0.05) is 23.2 Å². The molecule has 0 aliphatic rings. The largest absolute Gasteiger partial charge is 0.490 e. The zero-order valence-electron chi connectivity index (χ0n) is 8.09. The van der Waals surface area contributed by atoms with Gasteiger partial charge < -0.3 is 10.5 Å². The van der Waals surface area contributed by atoms with Crippen molar-refractivity contribution >= 4 is 28.9 Å². The van der Waals surface area contributed by atoms with Crippen molar-refractivity contribution in [2.24, 2.45) is 0 Å². The lowest BCUT2D eigenvalue weighted by molar-refractivity contribution is 0.313. The molecule has 0 spiro atoms. The Morgan fingerprint density at radius 2 is 1.93 bits per heavy atom. The Kier molecular flexibility index (Phi) is 4.61. The average Bonchev–Trinajstić information content (AvgIpc) is 2.15. The van der Waals surface area contributed by atoms with Crippen LogP contribution in [0, 0.1) is 12.3 Å². The number of nitrogen functional groups attached to an aromatic ring is 1. The van der Waals surface area contributed by atoms with Crippen molar-refractivity contribution in [1.82, 2.24) is 0 Å². The molecule has 0 bridgehead atoms. The van der Waals surface area contributed by atoms with E-state index in [2.05, 4.69) is 5.92 Å². The number of halogens is 2. The monoisotopic (exact) mass is 243 g/mol. The summed E-state index contributed by atoms with van der Waals surface area (Å²) < 4.78 is 5.41. The molecule has 0 atom stereocenters. The van der Waals surface area contributed by atoms with E-state index in [1.807, 2.05) is 0 Å². The molecular formula is C11H11Cl2NO. The quantitative estimate of drug-likeness (QED) is 0.500. The molecule has 0 fully saturated rings. The Balaban J connectivity index is 2.65. The van der Waals surface area contributed by atoms with Gasteiger partial charge in [-0.25, -0.2) is 0 Å². The second kappa shape index (κ2) is 5.75. The highest BCUT2D eigenvalue weighted by Gasteiger charge is 2.08. The second-order valence-electron chi connectivity index (χ2n) is 2.97. The van der Waals surface area contributed by atoms with E-state index >= 15 is 0 Å². The summed E-state index contributed by atoms with van der Waals surface area (Å²) in [5.74, 6) is 2.99. The first-order chi connectivity index (χ1) is 7.15. The molecule has 0 aliphatic carbocycles. The number of ether oxygens (including phenoxy) is 1. The lowest BCUT2D eigenvalue weighted by atomic mass is 10.3. The highest BCUT2D eigenvalue weighted by Crippen LogP contribution is 2.35. The fraction of sp³-hybridized carbons (Fsp3) is 0.273. The van der Waals surface area contributed by atoms with Crippen molar-refractivity contribution < 1.29 is 4.74 Å². The summed E-state index contributed by atoms with van der Waals surface area (Å²) in [4.78, 5) is 0. The molecule has 1 aromatic rings. The minimum atomic E-state index is 0.417. The fourth-order valence-electron chi connectivity index (χ4n) is 1.07. The fourth-order valence-corrected chi connectivity index (χ4v) is 1.68. The van der Waals surface area contributed by atoms with Crippen molar-refractivity contribution in [3.8, 4) is 18.1 Å². The predicted molar refractivity (Wildman–Crippen MR) is 64.4 cm³/mol. The molecule has 2 N–H and O–H groups in total. The van der Waals surface area contributed by atoms with Crippen LogP contribution in [0.3, 0.4) is 0 Å². The number of unbranched alkanes of at least 4 members (excludes halogenated alkanes) is 1. The molecule has 1 rings (SSSR count). The summed E-state index contributed by atoms with van der Waals surface area (Å²) in [5.41, 5.74) is 6.07. The first-order valence-electron chi connectivity index (χ1n) is 4.46. The summed E-state index contributed by atoms with van der Waals surface area (Å²) in [6.45, 7) is 0.494. The Morgan fingerprint density at radius 1 is 1.33 bits per heavy atom. The maximum atomic E-state index is 5.92. The van der Waals surface area contributed by atoms with Crippen LogP contribution in [-0.4, -0.2) is 6.61 Å². The molecule has 4 heteroatoms. The van der Waals surface area contributed by atoms with E-state index in [1.165, 1.54) is 0 Å². The number of hydrogen-bond acceptors (Lipinski definition) is 2. The van der Waals surface area contributed by atoms with Crippen LogP contribution in [0.2, 0.25) is 10.0 Å². The van der Waals surface area contributed by atoms with Crippen LogP contribution in [-0.2, 0) is 0 Å². The highest BCUT2D eigenvalue weighted by atomic mass is 35.5. The van der Waals surface area contributed by atoms with Crippen LogP contribution < -0.4 is 10.5 Å². The number of terminal acetylenes is 1. The SMILES string of the molecule is C#CCCCOc1c(Cl)cc(N)cc1Cl. The minimum Gasteiger partial charge on any atom is -0.490 e. The summed E-state index contributed by atoms with van der Waals surface area (Å²) in [5, 5.41) is 0.835. The average molecular weight is 244 g/mol. The van der Waals surface area contributed by atoms with Gasteiger partial charge in [0.15, 0.2) is 5.75 Å². The van der Waals surface area contributed by atoms with Gasteiger partial charge in [-0.15, -0.1) is 12.3 Å². The number of benzene rings is 1. The Hall–Kier alpha value is -1.04. The van der Waals surface area contributed by atoms with Crippen molar-refractivity contribution in [3.05, 3.63) is 22.2 Å². The molecule has 1 aromatic carbocycles. The zero-order chi connectivity index (χ0) is 11.3. The number of rotatable bonds is 4. The van der Waals surface area contributed by atoms with Crippen molar-refractivity contribution in [1.29, 1.82) is 0 Å². The summed E-state index contributed by atoms with van der Waals surface area (Å²) in [6.07, 6.45) is 6.56. The molecule has 2 nitrogen and oxygen atoms in total. The zero-order valence-corrected chi connectivity index (χ0v) is 9.61. The number of hydrogen-bond donors (Lipinski definition) is 1. The molecule has 0 unspecified atom stereocenters. The Bertz CT molecular complexity index is 362. The molecule has 80 valence electrons. The Labute approximate surface area is 99.3 Å². The molecule has 0 heterocycles. The van der Waals surface area contributed by atoms with Crippen LogP contribution in [0.15, 0.2) is 12.1 Å². The summed E-state index contributed by atoms with van der Waals surface area (Å²) >= 11 is 11.8. The standard InChI is InChI=1S/C11H11Cl2NO/c1-2-3-4-5-15-11-9(12)6-8(14)7-10(11)13/h1,6-7H,3-5,14H2. The molecule has 15 heavy (non-hydrogen) atoms. The van der Waals surface area contributed by atoms with Crippen molar-refractivity contribution in [2.45, 2.75) is 12.8 Å². The van der Waals surface area contributed by atoms with Gasteiger partial charge in [0.05, 0.1) is 16.7 Å². The Morgan fingerprint density at radius 3 is 2.47 bits per heavy atom. The molecule has 0 aliphatic heterocycles. The summed E-state index contributed by atoms with van der Waals surface area (Å²) in [6, 6.07) is 3.20. The van der Waals surface area contributed by atoms with Gasteiger partial charge >= 0.3 is 0 Å². The van der Waals surface area contributed by atoms with Crippen molar-refractivity contribution in [3.63, 3.8) is 0 Å². The third-order valence-corrected chi connectivity index (χ3v) is 2.29. The van der Waals surface area contributed by atoms with E-state index in [1.54, 1.807) is 12.1 Å². The third-order valence-electron chi connectivity index (χ3n) is 1.73. The van der Waals surface area contributed by atoms with Crippen LogP contribution in [0.25, 0.3) is 0 Å². The lowest BCUT2D eigenvalue weighted by Crippen LogP contribution is -1.98. The summed E-state index contributed by atoms with van der Waals surface area (Å²) in [7, 11) is 0. The molecule has 0 aromatic heterocycles. The number of anilines is 1. The van der Waals surface area contributed by atoms with Gasteiger partial charge in [0.1, 0.15) is 0 Å². The van der Waals surface area contributed by atoms with Gasteiger partial charge in [-0.05, 0) is 18.6 Å². The van der Waals surface area contributed by atoms with E-state index < -0.39 is 0 Å². The first kappa shape index (κ1) is 12.0. The van der Waals surface area contributed by atoms with Gasteiger partial charge in [0.2, 0.25) is 0 Å². The van der Waals surface area contributed by atoms with Gasteiger partial charge in [-0.3, -0.25) is 0 Å². The van der Waals surface area contributed by atoms with E-state index in [4.69, 9.17) is 40.1 Å². The van der Waals surface area contributed by atoms with E-state index in [-0.39, 0.29) is 0 Å². The highest BCUT2D eigenvalue weighted by molar-refractivity contribution is 6.37. The molecule has 0 saturated heterocycles. The van der Waals surface area contributed by atoms with E-state index in [9.17, 15) is 0 Å². The van der Waals surface area contributed by atoms with E-state index in [0.717, 1.165) is 6.42 Å².